The Morgan fingerprint density at radius 3 is 2.79 bits per heavy atom. The van der Waals surface area contributed by atoms with Gasteiger partial charge in [0.15, 0.2) is 11.5 Å². The van der Waals surface area contributed by atoms with Crippen molar-refractivity contribution in [3.63, 3.8) is 0 Å². The molecule has 0 spiro atoms. The van der Waals surface area contributed by atoms with E-state index in [1.165, 1.54) is 13.2 Å². The van der Waals surface area contributed by atoms with Crippen LogP contribution in [0.15, 0.2) is 47.2 Å². The van der Waals surface area contributed by atoms with E-state index in [1.807, 2.05) is 13.1 Å². The second-order valence-electron chi connectivity index (χ2n) is 6.98. The van der Waals surface area contributed by atoms with Gasteiger partial charge in [0.2, 0.25) is 0 Å². The van der Waals surface area contributed by atoms with Gasteiger partial charge in [0.25, 0.3) is 5.91 Å². The number of carboxylic acid groups (broad SMARTS) is 1. The number of methoxy groups -OCH3 is 1. The van der Waals surface area contributed by atoms with Crippen molar-refractivity contribution in [2.24, 2.45) is 0 Å². The van der Waals surface area contributed by atoms with Crippen LogP contribution in [0.1, 0.15) is 40.7 Å². The van der Waals surface area contributed by atoms with Crippen LogP contribution in [0.3, 0.4) is 0 Å². The van der Waals surface area contributed by atoms with Crippen molar-refractivity contribution in [1.29, 1.82) is 0 Å². The average Bonchev–Trinajstić information content (AvgIpc) is 3.30. The number of aryl methyl sites for hydroxylation is 1. The zero-order valence-electron chi connectivity index (χ0n) is 16.4. The molecule has 0 aliphatic carbocycles. The van der Waals surface area contributed by atoms with Crippen molar-refractivity contribution < 1.29 is 24.0 Å². The summed E-state index contributed by atoms with van der Waals surface area (Å²) in [5, 5.41) is 20.1. The fourth-order valence-corrected chi connectivity index (χ4v) is 3.01. The van der Waals surface area contributed by atoms with Gasteiger partial charge >= 0.3 is 5.97 Å². The summed E-state index contributed by atoms with van der Waals surface area (Å²) in [6.45, 7) is 3.89. The number of nitrogens with zero attached hydrogens (tertiary/aromatic N) is 3. The van der Waals surface area contributed by atoms with Crippen LogP contribution in [0, 0.1) is 6.92 Å². The number of amides is 1. The number of carbonyl (C=O) groups is 2. The van der Waals surface area contributed by atoms with Crippen LogP contribution in [0.4, 0.5) is 0 Å². The zero-order valence-corrected chi connectivity index (χ0v) is 16.4. The summed E-state index contributed by atoms with van der Waals surface area (Å²) >= 11 is 0. The van der Waals surface area contributed by atoms with Crippen LogP contribution < -0.4 is 10.1 Å². The van der Waals surface area contributed by atoms with E-state index in [0.29, 0.717) is 23.6 Å². The molecule has 0 aliphatic heterocycles. The minimum absolute atomic E-state index is 0.0587. The van der Waals surface area contributed by atoms with Gasteiger partial charge in [-0.15, -0.1) is 0 Å². The van der Waals surface area contributed by atoms with Crippen molar-refractivity contribution >= 4 is 11.9 Å². The van der Waals surface area contributed by atoms with Crippen LogP contribution in [0.5, 0.6) is 5.75 Å². The third-order valence-corrected chi connectivity index (χ3v) is 4.47. The molecule has 2 heterocycles. The fraction of sp³-hybridized carbons (Fsp3) is 0.300. The quantitative estimate of drug-likeness (QED) is 0.598. The van der Waals surface area contributed by atoms with Crippen LogP contribution in [0.25, 0.3) is 0 Å². The Morgan fingerprint density at radius 1 is 1.34 bits per heavy atom. The molecule has 1 unspecified atom stereocenters. The first-order valence-corrected chi connectivity index (χ1v) is 8.92. The van der Waals surface area contributed by atoms with Crippen LogP contribution >= 0.6 is 0 Å². The largest absolute Gasteiger partial charge is 0.497 e. The summed E-state index contributed by atoms with van der Waals surface area (Å²) in [6, 6.07) is 8.42. The van der Waals surface area contributed by atoms with Gasteiger partial charge in [0.1, 0.15) is 12.3 Å². The van der Waals surface area contributed by atoms with Crippen molar-refractivity contribution in [3.05, 3.63) is 65.3 Å². The number of benzene rings is 1. The Bertz CT molecular complexity index is 1030. The maximum atomic E-state index is 12.8. The first-order valence-electron chi connectivity index (χ1n) is 8.92. The lowest BCUT2D eigenvalue weighted by Crippen LogP contribution is -2.45. The monoisotopic (exact) mass is 398 g/mol. The molecule has 1 atom stereocenters. The molecule has 0 saturated heterocycles. The topological polar surface area (TPSA) is 119 Å². The minimum Gasteiger partial charge on any atom is -0.497 e. The molecule has 0 saturated carbocycles. The first kappa shape index (κ1) is 20.1. The molecule has 9 nitrogen and oxygen atoms in total. The molecule has 0 fully saturated rings. The Morgan fingerprint density at radius 2 is 2.14 bits per heavy atom. The molecule has 2 N–H and O–H groups in total. The lowest BCUT2D eigenvalue weighted by molar-refractivity contribution is -0.138. The van der Waals surface area contributed by atoms with E-state index in [9.17, 15) is 14.7 Å². The highest BCUT2D eigenvalue weighted by Gasteiger charge is 2.33. The number of ether oxygens (including phenoxy) is 1. The van der Waals surface area contributed by atoms with E-state index in [2.05, 4.69) is 15.6 Å². The van der Waals surface area contributed by atoms with E-state index in [0.717, 1.165) is 5.56 Å². The number of hydrogen-bond acceptors (Lipinski definition) is 6. The van der Waals surface area contributed by atoms with Gasteiger partial charge in [-0.25, -0.2) is 0 Å². The Hall–Kier alpha value is -3.62. The van der Waals surface area contributed by atoms with Gasteiger partial charge in [0.05, 0.1) is 25.3 Å². The SMILES string of the molecule is COc1cccc(C(C)(CC(=O)O)NC(=O)c2cc(Cn3cc(C)cn3)on2)c1. The second-order valence-corrected chi connectivity index (χ2v) is 6.98. The molecule has 29 heavy (non-hydrogen) atoms. The van der Waals surface area contributed by atoms with Crippen molar-refractivity contribution in [2.45, 2.75) is 32.4 Å². The fourth-order valence-electron chi connectivity index (χ4n) is 3.01. The smallest absolute Gasteiger partial charge is 0.306 e. The molecular formula is C20H22N4O5. The molecular weight excluding hydrogens is 376 g/mol. The number of carbonyl (C=O) groups excluding carboxylic acids is 1. The van der Waals surface area contributed by atoms with Crippen molar-refractivity contribution in [1.82, 2.24) is 20.3 Å². The lowest BCUT2D eigenvalue weighted by Gasteiger charge is -2.29. The third kappa shape index (κ3) is 4.81. The number of rotatable bonds is 8. The molecule has 9 heteroatoms. The lowest BCUT2D eigenvalue weighted by atomic mass is 9.88. The van der Waals surface area contributed by atoms with E-state index in [4.69, 9.17) is 9.26 Å². The van der Waals surface area contributed by atoms with Crippen LogP contribution in [0.2, 0.25) is 0 Å². The second kappa shape index (κ2) is 8.17. The standard InChI is InChI=1S/C20H22N4O5/c1-13-10-21-24(11-13)12-16-8-17(23-29-16)19(27)22-20(2,9-18(25)26)14-5-4-6-15(7-14)28-3/h4-8,10-11H,9,12H2,1-3H3,(H,22,27)(H,25,26). The third-order valence-electron chi connectivity index (χ3n) is 4.47. The van der Waals surface area contributed by atoms with E-state index < -0.39 is 17.4 Å². The highest BCUT2D eigenvalue weighted by molar-refractivity contribution is 5.93. The molecule has 152 valence electrons. The first-order chi connectivity index (χ1) is 13.8. The molecule has 1 amide bonds. The predicted molar refractivity (Wildman–Crippen MR) is 103 cm³/mol. The Balaban J connectivity index is 1.80. The maximum absolute atomic E-state index is 12.8. The Labute approximate surface area is 167 Å². The van der Waals surface area contributed by atoms with Gasteiger partial charge < -0.3 is 19.7 Å². The highest BCUT2D eigenvalue weighted by Crippen LogP contribution is 2.28. The number of carboxylic acids is 1. The summed E-state index contributed by atoms with van der Waals surface area (Å²) in [6.07, 6.45) is 3.24. The minimum atomic E-state index is -1.17. The molecule has 0 aliphatic rings. The van der Waals surface area contributed by atoms with E-state index in [-0.39, 0.29) is 12.1 Å². The Kier molecular flexibility index (Phi) is 5.67. The van der Waals surface area contributed by atoms with Crippen LogP contribution in [-0.4, -0.2) is 39.0 Å². The molecule has 2 aromatic heterocycles. The molecule has 0 radical (unpaired) electrons. The molecule has 3 rings (SSSR count). The van der Waals surface area contributed by atoms with Gasteiger partial charge in [-0.05, 0) is 37.1 Å². The van der Waals surface area contributed by atoms with Crippen molar-refractivity contribution in [2.75, 3.05) is 7.11 Å². The van der Waals surface area contributed by atoms with E-state index in [1.54, 1.807) is 42.1 Å². The van der Waals surface area contributed by atoms with E-state index >= 15 is 0 Å². The molecule has 3 aromatic rings. The number of hydrogen-bond donors (Lipinski definition) is 2. The summed E-state index contributed by atoms with van der Waals surface area (Å²) in [4.78, 5) is 24.2. The maximum Gasteiger partial charge on any atom is 0.306 e. The van der Waals surface area contributed by atoms with Gasteiger partial charge in [-0.1, -0.05) is 17.3 Å². The van der Waals surface area contributed by atoms with Gasteiger partial charge in [-0.3, -0.25) is 14.3 Å². The predicted octanol–water partition coefficient (Wildman–Crippen LogP) is 2.36. The van der Waals surface area contributed by atoms with Crippen LogP contribution in [-0.2, 0) is 16.9 Å². The number of nitrogens with one attached hydrogen (secondary N) is 1. The van der Waals surface area contributed by atoms with Gasteiger partial charge in [0, 0.05) is 12.3 Å². The average molecular weight is 398 g/mol. The summed E-state index contributed by atoms with van der Waals surface area (Å²) in [5.41, 5.74) is 0.493. The zero-order chi connectivity index (χ0) is 21.0. The summed E-state index contributed by atoms with van der Waals surface area (Å²) < 4.78 is 12.1. The normalized spacial score (nSPS) is 12.9. The highest BCUT2D eigenvalue weighted by atomic mass is 16.5. The summed E-state index contributed by atoms with van der Waals surface area (Å²) in [7, 11) is 1.52. The summed E-state index contributed by atoms with van der Waals surface area (Å²) in [5.74, 6) is -0.570. The van der Waals surface area contributed by atoms with Crippen molar-refractivity contribution in [3.8, 4) is 5.75 Å². The number of aromatic nitrogens is 3. The number of aliphatic carboxylic acids is 1. The molecule has 1 aromatic carbocycles. The van der Waals surface area contributed by atoms with Gasteiger partial charge in [-0.2, -0.15) is 5.10 Å². The molecule has 0 bridgehead atoms.